The SMILES string of the molecule is CC1=CC(=O)OC1(O)CC[C@@H](C)[C@@]1(O)C(=O)[C@]2(C)CC[C@@H]([C@H](C)C(=O)c3cc(C)co3)[C@H]12. The van der Waals surface area contributed by atoms with Gasteiger partial charge in [0.2, 0.25) is 11.6 Å². The number of carbonyl (C=O) groups is 3. The largest absolute Gasteiger partial charge is 0.461 e. The van der Waals surface area contributed by atoms with Crippen LogP contribution < -0.4 is 0 Å². The number of rotatable bonds is 7. The highest BCUT2D eigenvalue weighted by Gasteiger charge is 2.74. The van der Waals surface area contributed by atoms with E-state index in [1.54, 1.807) is 26.2 Å². The molecule has 7 atom stereocenters. The predicted octanol–water partition coefficient (Wildman–Crippen LogP) is 3.36. The van der Waals surface area contributed by atoms with Gasteiger partial charge in [-0.15, -0.1) is 0 Å². The van der Waals surface area contributed by atoms with Crippen molar-refractivity contribution in [1.29, 1.82) is 0 Å². The third-order valence-electron chi connectivity index (χ3n) is 8.38. The number of aryl methyl sites for hydroxylation is 1. The van der Waals surface area contributed by atoms with Crippen LogP contribution in [0.15, 0.2) is 28.4 Å². The standard InChI is InChI=1S/C25H32O7/c1-13-10-18(31-12-13)20(27)16(4)17-7-8-23(5)21(17)25(30,22(23)28)14(2)6-9-24(29)15(3)11-19(26)32-24/h10-12,14,16-17,21,29-30H,6-9H2,1-5H3/t14-,16+,17+,21+,23-,24?,25+/m1/s1. The summed E-state index contributed by atoms with van der Waals surface area (Å²) in [5, 5.41) is 22.3. The van der Waals surface area contributed by atoms with Gasteiger partial charge in [0.25, 0.3) is 0 Å². The van der Waals surface area contributed by atoms with Crippen LogP contribution in [-0.2, 0) is 14.3 Å². The molecule has 0 bridgehead atoms. The zero-order valence-electron chi connectivity index (χ0n) is 19.3. The quantitative estimate of drug-likeness (QED) is 0.490. The van der Waals surface area contributed by atoms with Gasteiger partial charge in [0.15, 0.2) is 11.5 Å². The fraction of sp³-hybridized carbons (Fsp3) is 0.640. The van der Waals surface area contributed by atoms with Gasteiger partial charge in [0.05, 0.1) is 6.26 Å². The minimum Gasteiger partial charge on any atom is -0.461 e. The molecule has 32 heavy (non-hydrogen) atoms. The van der Waals surface area contributed by atoms with E-state index in [0.29, 0.717) is 24.2 Å². The molecule has 2 fully saturated rings. The average Bonchev–Trinajstić information content (AvgIpc) is 3.39. The van der Waals surface area contributed by atoms with Gasteiger partial charge in [0, 0.05) is 35.3 Å². The van der Waals surface area contributed by atoms with Gasteiger partial charge in [-0.25, -0.2) is 4.79 Å². The van der Waals surface area contributed by atoms with Crippen LogP contribution in [0.1, 0.15) is 69.5 Å². The van der Waals surface area contributed by atoms with E-state index < -0.39 is 34.6 Å². The molecule has 2 saturated carbocycles. The van der Waals surface area contributed by atoms with Crippen molar-refractivity contribution in [3.8, 4) is 0 Å². The first-order chi connectivity index (χ1) is 14.8. The number of fused-ring (bicyclic) bond motifs is 1. The molecule has 0 radical (unpaired) electrons. The lowest BCUT2D eigenvalue weighted by Crippen LogP contribution is -2.72. The molecule has 1 aromatic heterocycles. The van der Waals surface area contributed by atoms with E-state index in [9.17, 15) is 24.6 Å². The van der Waals surface area contributed by atoms with Crippen LogP contribution in [0.3, 0.4) is 0 Å². The Bertz CT molecular complexity index is 1010. The van der Waals surface area contributed by atoms with Gasteiger partial charge in [0.1, 0.15) is 5.60 Å². The lowest BCUT2D eigenvalue weighted by atomic mass is 9.46. The van der Waals surface area contributed by atoms with Crippen LogP contribution in [-0.4, -0.2) is 39.1 Å². The van der Waals surface area contributed by atoms with Gasteiger partial charge in [-0.1, -0.05) is 20.8 Å². The second kappa shape index (κ2) is 7.39. The first-order valence-electron chi connectivity index (χ1n) is 11.4. The van der Waals surface area contributed by atoms with Crippen LogP contribution in [0.5, 0.6) is 0 Å². The van der Waals surface area contributed by atoms with Crippen LogP contribution in [0.2, 0.25) is 0 Å². The van der Waals surface area contributed by atoms with E-state index in [-0.39, 0.29) is 36.2 Å². The van der Waals surface area contributed by atoms with Crippen molar-refractivity contribution in [1.82, 2.24) is 0 Å². The van der Waals surface area contributed by atoms with E-state index in [0.717, 1.165) is 5.56 Å². The summed E-state index contributed by atoms with van der Waals surface area (Å²) in [6, 6.07) is 1.72. The normalized spacial score (nSPS) is 38.0. The Balaban J connectivity index is 1.53. The highest BCUT2D eigenvalue weighted by atomic mass is 16.7. The maximum Gasteiger partial charge on any atom is 0.333 e. The second-order valence-corrected chi connectivity index (χ2v) is 10.4. The van der Waals surface area contributed by atoms with Crippen molar-refractivity contribution in [2.24, 2.45) is 29.1 Å². The molecule has 1 aliphatic heterocycles. The smallest absolute Gasteiger partial charge is 0.333 e. The predicted molar refractivity (Wildman–Crippen MR) is 114 cm³/mol. The molecule has 2 aliphatic carbocycles. The number of ketones is 2. The summed E-state index contributed by atoms with van der Waals surface area (Å²) < 4.78 is 10.5. The van der Waals surface area contributed by atoms with Crippen LogP contribution in [0.25, 0.3) is 0 Å². The summed E-state index contributed by atoms with van der Waals surface area (Å²) in [6.07, 6.45) is 4.48. The Labute approximate surface area is 187 Å². The molecule has 3 aliphatic rings. The third-order valence-corrected chi connectivity index (χ3v) is 8.38. The number of hydrogen-bond donors (Lipinski definition) is 2. The Morgan fingerprint density at radius 1 is 1.25 bits per heavy atom. The zero-order chi connectivity index (χ0) is 23.6. The molecule has 7 heteroatoms. The number of cyclic esters (lactones) is 1. The Morgan fingerprint density at radius 2 is 1.94 bits per heavy atom. The Hall–Kier alpha value is -2.25. The molecule has 0 saturated heterocycles. The minimum atomic E-state index is -1.70. The van der Waals surface area contributed by atoms with E-state index in [1.165, 1.54) is 6.08 Å². The molecule has 7 nitrogen and oxygen atoms in total. The van der Waals surface area contributed by atoms with Crippen molar-refractivity contribution < 1.29 is 33.8 Å². The number of esters is 1. The van der Waals surface area contributed by atoms with Gasteiger partial charge in [-0.05, 0) is 56.6 Å². The molecule has 1 unspecified atom stereocenters. The fourth-order valence-electron chi connectivity index (χ4n) is 6.34. The number of ether oxygens (including phenoxy) is 1. The summed E-state index contributed by atoms with van der Waals surface area (Å²) in [7, 11) is 0. The molecule has 0 aromatic carbocycles. The molecular formula is C25H32O7. The Kier molecular flexibility index (Phi) is 5.29. The fourth-order valence-corrected chi connectivity index (χ4v) is 6.34. The summed E-state index contributed by atoms with van der Waals surface area (Å²) in [5.41, 5.74) is -0.956. The highest BCUT2D eigenvalue weighted by molar-refractivity contribution is 6.01. The molecule has 1 aromatic rings. The van der Waals surface area contributed by atoms with E-state index >= 15 is 0 Å². The molecule has 0 amide bonds. The van der Waals surface area contributed by atoms with Gasteiger partial charge >= 0.3 is 5.97 Å². The van der Waals surface area contributed by atoms with Crippen LogP contribution in [0.4, 0.5) is 0 Å². The second-order valence-electron chi connectivity index (χ2n) is 10.4. The summed E-state index contributed by atoms with van der Waals surface area (Å²) in [6.45, 7) is 8.99. The molecule has 4 rings (SSSR count). The van der Waals surface area contributed by atoms with E-state index in [1.807, 2.05) is 20.8 Å². The monoisotopic (exact) mass is 444 g/mol. The van der Waals surface area contributed by atoms with E-state index in [4.69, 9.17) is 9.15 Å². The number of furan rings is 1. The van der Waals surface area contributed by atoms with Crippen molar-refractivity contribution in [3.63, 3.8) is 0 Å². The maximum absolute atomic E-state index is 13.2. The van der Waals surface area contributed by atoms with Gasteiger partial charge in [-0.2, -0.15) is 0 Å². The number of Topliss-reactive ketones (excluding diaryl/α,β-unsaturated/α-hetero) is 2. The average molecular weight is 445 g/mol. The maximum atomic E-state index is 13.2. The number of carbonyl (C=O) groups excluding carboxylic acids is 3. The van der Waals surface area contributed by atoms with E-state index in [2.05, 4.69) is 0 Å². The van der Waals surface area contributed by atoms with Crippen molar-refractivity contribution in [2.75, 3.05) is 0 Å². The lowest BCUT2D eigenvalue weighted by molar-refractivity contribution is -0.213. The number of hydrogen-bond acceptors (Lipinski definition) is 7. The topological polar surface area (TPSA) is 114 Å². The van der Waals surface area contributed by atoms with Crippen molar-refractivity contribution in [3.05, 3.63) is 35.3 Å². The first-order valence-corrected chi connectivity index (χ1v) is 11.4. The van der Waals surface area contributed by atoms with Crippen molar-refractivity contribution in [2.45, 2.75) is 71.7 Å². The Morgan fingerprint density at radius 3 is 2.50 bits per heavy atom. The van der Waals surface area contributed by atoms with Crippen molar-refractivity contribution >= 4 is 17.5 Å². The third kappa shape index (κ3) is 3.12. The molecule has 2 heterocycles. The van der Waals surface area contributed by atoms with Gasteiger partial charge in [-0.3, -0.25) is 9.59 Å². The summed E-state index contributed by atoms with van der Waals surface area (Å²) in [4.78, 5) is 37.8. The summed E-state index contributed by atoms with van der Waals surface area (Å²) >= 11 is 0. The highest BCUT2D eigenvalue weighted by Crippen LogP contribution is 2.66. The minimum absolute atomic E-state index is 0.0894. The first kappa shape index (κ1) is 22.9. The molecule has 2 N–H and O–H groups in total. The zero-order valence-corrected chi connectivity index (χ0v) is 19.3. The van der Waals surface area contributed by atoms with Crippen LogP contribution in [0, 0.1) is 36.0 Å². The summed E-state index contributed by atoms with van der Waals surface area (Å²) in [5.74, 6) is -3.69. The molecule has 0 spiro atoms. The number of aliphatic hydroxyl groups is 2. The lowest BCUT2D eigenvalue weighted by Gasteiger charge is -2.58. The van der Waals surface area contributed by atoms with Crippen LogP contribution >= 0.6 is 0 Å². The molecule has 174 valence electrons. The van der Waals surface area contributed by atoms with Gasteiger partial charge < -0.3 is 19.4 Å². The molecular weight excluding hydrogens is 412 g/mol.